The van der Waals surface area contributed by atoms with Crippen LogP contribution in [0.5, 0.6) is 0 Å². The number of carbonyl (C=O) groups is 2. The molecule has 1 aromatic carbocycles. The Morgan fingerprint density at radius 3 is 2.94 bits per heavy atom. The predicted molar refractivity (Wildman–Crippen MR) is 63.4 cm³/mol. The first-order chi connectivity index (χ1) is 8.15. The van der Waals surface area contributed by atoms with Crippen LogP contribution in [0.1, 0.15) is 32.7 Å². The quantitative estimate of drug-likeness (QED) is 0.777. The van der Waals surface area contributed by atoms with Crippen molar-refractivity contribution < 1.29 is 14.3 Å². The molecule has 0 aliphatic carbocycles. The number of benzene rings is 1. The van der Waals surface area contributed by atoms with Crippen molar-refractivity contribution in [2.75, 3.05) is 13.7 Å². The van der Waals surface area contributed by atoms with Crippen LogP contribution in [0, 0.1) is 0 Å². The molecule has 0 bridgehead atoms. The largest absolute Gasteiger partial charge is 0.465 e. The third-order valence-electron chi connectivity index (χ3n) is 2.77. The number of methoxy groups -OCH3 is 1. The monoisotopic (exact) mass is 253 g/mol. The molecule has 1 aliphatic rings. The second-order valence-electron chi connectivity index (χ2n) is 3.81. The fourth-order valence-corrected chi connectivity index (χ4v) is 2.25. The van der Waals surface area contributed by atoms with Gasteiger partial charge in [0.05, 0.1) is 23.3 Å². The Balaban J connectivity index is 2.56. The van der Waals surface area contributed by atoms with Gasteiger partial charge in [-0.1, -0.05) is 17.7 Å². The molecule has 17 heavy (non-hydrogen) atoms. The van der Waals surface area contributed by atoms with E-state index in [2.05, 4.69) is 10.1 Å². The summed E-state index contributed by atoms with van der Waals surface area (Å²) in [5, 5.41) is 2.92. The summed E-state index contributed by atoms with van der Waals surface area (Å²) in [6, 6.07) is 3.37. The number of aryl methyl sites for hydroxylation is 1. The first kappa shape index (κ1) is 11.9. The fraction of sp³-hybridized carbons (Fsp3) is 0.333. The van der Waals surface area contributed by atoms with Crippen molar-refractivity contribution in [3.05, 3.63) is 33.8 Å². The van der Waals surface area contributed by atoms with E-state index in [1.165, 1.54) is 7.11 Å². The maximum Gasteiger partial charge on any atom is 0.339 e. The molecule has 1 heterocycles. The molecule has 0 unspecified atom stereocenters. The smallest absolute Gasteiger partial charge is 0.339 e. The molecule has 90 valence electrons. The van der Waals surface area contributed by atoms with Gasteiger partial charge in [0.25, 0.3) is 5.91 Å². The summed E-state index contributed by atoms with van der Waals surface area (Å²) in [6.45, 7) is 0.622. The van der Waals surface area contributed by atoms with Crippen molar-refractivity contribution in [2.24, 2.45) is 0 Å². The van der Waals surface area contributed by atoms with Gasteiger partial charge in [0, 0.05) is 6.54 Å². The van der Waals surface area contributed by atoms with Gasteiger partial charge in [-0.2, -0.15) is 0 Å². The van der Waals surface area contributed by atoms with Crippen LogP contribution < -0.4 is 5.32 Å². The number of nitrogens with one attached hydrogen (secondary N) is 1. The molecule has 0 saturated heterocycles. The lowest BCUT2D eigenvalue weighted by Crippen LogP contribution is -2.23. The molecular formula is C12H12ClNO3. The van der Waals surface area contributed by atoms with Crippen LogP contribution in [0.2, 0.25) is 5.02 Å². The van der Waals surface area contributed by atoms with Gasteiger partial charge in [-0.3, -0.25) is 4.79 Å². The van der Waals surface area contributed by atoms with Crippen LogP contribution in [-0.2, 0) is 11.2 Å². The van der Waals surface area contributed by atoms with Crippen LogP contribution in [0.25, 0.3) is 0 Å². The van der Waals surface area contributed by atoms with Gasteiger partial charge < -0.3 is 10.1 Å². The summed E-state index contributed by atoms with van der Waals surface area (Å²) >= 11 is 6.11. The summed E-state index contributed by atoms with van der Waals surface area (Å²) in [4.78, 5) is 23.3. The van der Waals surface area contributed by atoms with Crippen LogP contribution in [0.4, 0.5) is 0 Å². The van der Waals surface area contributed by atoms with Gasteiger partial charge in [-0.25, -0.2) is 4.79 Å². The standard InChI is InChI=1S/C12H12ClNO3/c1-17-12(16)8-5-4-7-3-2-6-14-11(15)9(7)10(8)13/h4-5H,2-3,6H2,1H3,(H,14,15). The highest BCUT2D eigenvalue weighted by atomic mass is 35.5. The maximum atomic E-state index is 11.8. The second kappa shape index (κ2) is 4.75. The summed E-state index contributed by atoms with van der Waals surface area (Å²) in [5.74, 6) is -0.761. The first-order valence-electron chi connectivity index (χ1n) is 5.33. The molecule has 0 spiro atoms. The highest BCUT2D eigenvalue weighted by Crippen LogP contribution is 2.27. The summed E-state index contributed by atoms with van der Waals surface area (Å²) < 4.78 is 4.62. The number of rotatable bonds is 1. The van der Waals surface area contributed by atoms with Crippen LogP contribution in [-0.4, -0.2) is 25.5 Å². The molecule has 0 aromatic heterocycles. The SMILES string of the molecule is COC(=O)c1ccc2c(c1Cl)C(=O)NCCC2. The van der Waals surface area contributed by atoms with Crippen molar-refractivity contribution in [1.82, 2.24) is 5.32 Å². The predicted octanol–water partition coefficient (Wildman–Crippen LogP) is 1.80. The number of hydrogen-bond donors (Lipinski definition) is 1. The van der Waals surface area contributed by atoms with E-state index in [0.717, 1.165) is 18.4 Å². The Morgan fingerprint density at radius 2 is 2.24 bits per heavy atom. The van der Waals surface area contributed by atoms with Crippen molar-refractivity contribution in [2.45, 2.75) is 12.8 Å². The average Bonchev–Trinajstić information content (AvgIpc) is 2.51. The minimum absolute atomic E-state index is 0.175. The minimum atomic E-state index is -0.533. The van der Waals surface area contributed by atoms with Crippen molar-refractivity contribution in [1.29, 1.82) is 0 Å². The number of carbonyl (C=O) groups excluding carboxylic acids is 2. The first-order valence-corrected chi connectivity index (χ1v) is 5.71. The van der Waals surface area contributed by atoms with E-state index >= 15 is 0 Å². The van der Waals surface area contributed by atoms with Crippen molar-refractivity contribution in [3.63, 3.8) is 0 Å². The topological polar surface area (TPSA) is 55.4 Å². The Kier molecular flexibility index (Phi) is 3.33. The van der Waals surface area contributed by atoms with E-state index < -0.39 is 5.97 Å². The molecule has 1 amide bonds. The normalized spacial score (nSPS) is 14.6. The highest BCUT2D eigenvalue weighted by Gasteiger charge is 2.23. The number of amides is 1. The molecule has 4 nitrogen and oxygen atoms in total. The molecule has 1 aliphatic heterocycles. The van der Waals surface area contributed by atoms with Crippen molar-refractivity contribution >= 4 is 23.5 Å². The molecule has 0 atom stereocenters. The zero-order chi connectivity index (χ0) is 12.4. The highest BCUT2D eigenvalue weighted by molar-refractivity contribution is 6.37. The molecule has 0 radical (unpaired) electrons. The van der Waals surface area contributed by atoms with E-state index in [1.807, 2.05) is 0 Å². The Hall–Kier alpha value is -1.55. The minimum Gasteiger partial charge on any atom is -0.465 e. The lowest BCUT2D eigenvalue weighted by atomic mass is 10.0. The number of hydrogen-bond acceptors (Lipinski definition) is 3. The number of halogens is 1. The van der Waals surface area contributed by atoms with Crippen LogP contribution in [0.15, 0.2) is 12.1 Å². The third-order valence-corrected chi connectivity index (χ3v) is 3.16. The Bertz CT molecular complexity index is 485. The van der Waals surface area contributed by atoms with E-state index in [1.54, 1.807) is 12.1 Å². The van der Waals surface area contributed by atoms with Crippen LogP contribution in [0.3, 0.4) is 0 Å². The van der Waals surface area contributed by atoms with E-state index in [-0.39, 0.29) is 16.5 Å². The zero-order valence-corrected chi connectivity index (χ0v) is 10.1. The molecule has 0 saturated carbocycles. The lowest BCUT2D eigenvalue weighted by Gasteiger charge is -2.10. The fourth-order valence-electron chi connectivity index (χ4n) is 1.91. The van der Waals surface area contributed by atoms with E-state index in [9.17, 15) is 9.59 Å². The third kappa shape index (κ3) is 2.13. The molecule has 2 rings (SSSR count). The van der Waals surface area contributed by atoms with Gasteiger partial charge in [0.1, 0.15) is 0 Å². The zero-order valence-electron chi connectivity index (χ0n) is 9.38. The van der Waals surface area contributed by atoms with Gasteiger partial charge >= 0.3 is 5.97 Å². The maximum absolute atomic E-state index is 11.8. The summed E-state index contributed by atoms with van der Waals surface area (Å²) in [6.07, 6.45) is 1.64. The van der Waals surface area contributed by atoms with Gasteiger partial charge in [0.2, 0.25) is 0 Å². The summed E-state index contributed by atoms with van der Waals surface area (Å²) in [5.41, 5.74) is 1.50. The lowest BCUT2D eigenvalue weighted by molar-refractivity contribution is 0.0601. The summed E-state index contributed by atoms with van der Waals surface area (Å²) in [7, 11) is 1.28. The molecule has 1 N–H and O–H groups in total. The van der Waals surface area contributed by atoms with E-state index in [4.69, 9.17) is 11.6 Å². The molecule has 0 fully saturated rings. The van der Waals surface area contributed by atoms with Crippen LogP contribution >= 0.6 is 11.6 Å². The van der Waals surface area contributed by atoms with Gasteiger partial charge in [0.15, 0.2) is 0 Å². The molecule has 1 aromatic rings. The van der Waals surface area contributed by atoms with Gasteiger partial charge in [-0.15, -0.1) is 0 Å². The number of ether oxygens (including phenoxy) is 1. The van der Waals surface area contributed by atoms with Gasteiger partial charge in [-0.05, 0) is 24.5 Å². The second-order valence-corrected chi connectivity index (χ2v) is 4.19. The Labute approximate surface area is 104 Å². The number of fused-ring (bicyclic) bond motifs is 1. The number of esters is 1. The van der Waals surface area contributed by atoms with Crippen molar-refractivity contribution in [3.8, 4) is 0 Å². The average molecular weight is 254 g/mol. The molecule has 5 heteroatoms. The Morgan fingerprint density at radius 1 is 1.47 bits per heavy atom. The van der Waals surface area contributed by atoms with E-state index in [0.29, 0.717) is 12.1 Å². The molecular weight excluding hydrogens is 242 g/mol.